The molecule has 0 spiro atoms. The fraction of sp³-hybridized carbons (Fsp3) is 0.280. The Kier molecular flexibility index (Phi) is 7.61. The maximum absolute atomic E-state index is 14.1. The Labute approximate surface area is 206 Å². The highest BCUT2D eigenvalue weighted by atomic mass is 19.4. The minimum atomic E-state index is -5.28. The average Bonchev–Trinajstić information content (AvgIpc) is 3.14. The summed E-state index contributed by atoms with van der Waals surface area (Å²) in [5, 5.41) is -0.263. The van der Waals surface area contributed by atoms with Gasteiger partial charge in [-0.2, -0.15) is 13.2 Å². The van der Waals surface area contributed by atoms with Crippen LogP contribution in [0.4, 0.5) is 26.3 Å². The minimum Gasteiger partial charge on any atom is -0.462 e. The lowest BCUT2D eigenvalue weighted by Gasteiger charge is -2.13. The Morgan fingerprint density at radius 1 is 0.892 bits per heavy atom. The first-order valence-corrected chi connectivity index (χ1v) is 10.6. The Morgan fingerprint density at radius 2 is 1.49 bits per heavy atom. The van der Waals surface area contributed by atoms with Gasteiger partial charge < -0.3 is 18.6 Å². The standard InChI is InChI=1S/C25H20F6O6/c1-12(2)22(32)34-11-5-6-14-7-8-15-16-9-10-17(35-23(33)13(3)4)21(37-25(29,30)31)20(16)36-19(15)18(14)24(26,27)28/h7-10H,1,3,5-6,11H2,2,4H3. The monoisotopic (exact) mass is 530 g/mol. The molecule has 0 saturated heterocycles. The second-order valence-corrected chi connectivity index (χ2v) is 8.08. The summed E-state index contributed by atoms with van der Waals surface area (Å²) >= 11 is 0. The zero-order valence-corrected chi connectivity index (χ0v) is 19.6. The zero-order chi connectivity index (χ0) is 27.7. The molecule has 37 heavy (non-hydrogen) atoms. The van der Waals surface area contributed by atoms with Crippen molar-refractivity contribution in [3.63, 3.8) is 0 Å². The molecule has 2 aromatic carbocycles. The molecule has 0 atom stereocenters. The van der Waals surface area contributed by atoms with Crippen molar-refractivity contribution in [3.05, 3.63) is 59.7 Å². The van der Waals surface area contributed by atoms with Crippen molar-refractivity contribution in [1.29, 1.82) is 0 Å². The number of halogens is 6. The number of carbonyl (C=O) groups is 2. The quantitative estimate of drug-likeness (QED) is 0.102. The Balaban J connectivity index is 2.15. The van der Waals surface area contributed by atoms with Crippen LogP contribution in [-0.4, -0.2) is 24.9 Å². The van der Waals surface area contributed by atoms with Gasteiger partial charge in [-0.25, -0.2) is 9.59 Å². The van der Waals surface area contributed by atoms with Crippen LogP contribution in [0.25, 0.3) is 21.9 Å². The van der Waals surface area contributed by atoms with Gasteiger partial charge in [-0.05, 0) is 44.4 Å². The molecule has 0 amide bonds. The number of fused-ring (bicyclic) bond motifs is 3. The number of alkyl halides is 6. The van der Waals surface area contributed by atoms with Gasteiger partial charge in [0, 0.05) is 21.9 Å². The summed E-state index contributed by atoms with van der Waals surface area (Å²) in [6, 6.07) is 4.54. The number of esters is 2. The van der Waals surface area contributed by atoms with E-state index in [1.54, 1.807) is 0 Å². The molecule has 0 bridgehead atoms. The van der Waals surface area contributed by atoms with Crippen molar-refractivity contribution in [2.24, 2.45) is 0 Å². The number of furan rings is 1. The summed E-state index contributed by atoms with van der Waals surface area (Å²) in [7, 11) is 0. The number of rotatable bonds is 8. The fourth-order valence-corrected chi connectivity index (χ4v) is 3.45. The van der Waals surface area contributed by atoms with Crippen LogP contribution in [0, 0.1) is 0 Å². The lowest BCUT2D eigenvalue weighted by Crippen LogP contribution is -2.18. The zero-order valence-electron chi connectivity index (χ0n) is 19.6. The molecule has 3 aromatic rings. The van der Waals surface area contributed by atoms with E-state index in [4.69, 9.17) is 13.9 Å². The second kappa shape index (κ2) is 10.2. The molecule has 6 nitrogen and oxygen atoms in total. The summed E-state index contributed by atoms with van der Waals surface area (Å²) in [6.45, 7) is 9.23. The van der Waals surface area contributed by atoms with Gasteiger partial charge in [0.1, 0.15) is 11.1 Å². The third kappa shape index (κ3) is 6.25. The molecule has 12 heteroatoms. The van der Waals surface area contributed by atoms with Crippen LogP contribution in [0.3, 0.4) is 0 Å². The number of hydrogen-bond donors (Lipinski definition) is 0. The van der Waals surface area contributed by atoms with E-state index in [9.17, 15) is 35.9 Å². The van der Waals surface area contributed by atoms with Gasteiger partial charge in [0.25, 0.3) is 0 Å². The first-order valence-electron chi connectivity index (χ1n) is 10.6. The third-order valence-corrected chi connectivity index (χ3v) is 5.04. The van der Waals surface area contributed by atoms with Gasteiger partial charge in [0.2, 0.25) is 5.75 Å². The normalized spacial score (nSPS) is 12.0. The number of ether oxygens (including phenoxy) is 3. The smallest absolute Gasteiger partial charge is 0.462 e. The van der Waals surface area contributed by atoms with Gasteiger partial charge in [-0.3, -0.25) is 0 Å². The topological polar surface area (TPSA) is 75.0 Å². The van der Waals surface area contributed by atoms with E-state index < -0.39 is 52.7 Å². The molecule has 0 fully saturated rings. The van der Waals surface area contributed by atoms with E-state index in [0.717, 1.165) is 12.1 Å². The van der Waals surface area contributed by atoms with Crippen molar-refractivity contribution in [3.8, 4) is 11.5 Å². The molecule has 198 valence electrons. The largest absolute Gasteiger partial charge is 0.573 e. The van der Waals surface area contributed by atoms with Gasteiger partial charge in [0.05, 0.1) is 6.61 Å². The van der Waals surface area contributed by atoms with Crippen LogP contribution < -0.4 is 9.47 Å². The molecule has 0 N–H and O–H groups in total. The van der Waals surface area contributed by atoms with Gasteiger partial charge in [-0.1, -0.05) is 25.3 Å². The molecule has 0 saturated carbocycles. The first kappa shape index (κ1) is 27.6. The lowest BCUT2D eigenvalue weighted by molar-refractivity contribution is -0.274. The molecular formula is C25H20F6O6. The third-order valence-electron chi connectivity index (χ3n) is 5.04. The van der Waals surface area contributed by atoms with Crippen LogP contribution in [0.15, 0.2) is 53.0 Å². The van der Waals surface area contributed by atoms with Crippen molar-refractivity contribution in [2.45, 2.75) is 39.2 Å². The summed E-state index contributed by atoms with van der Waals surface area (Å²) in [6.07, 6.45) is -10.4. The summed E-state index contributed by atoms with van der Waals surface area (Å²) < 4.78 is 101. The van der Waals surface area contributed by atoms with Crippen LogP contribution in [0.5, 0.6) is 11.5 Å². The highest BCUT2D eigenvalue weighted by Crippen LogP contribution is 2.47. The number of benzene rings is 2. The van der Waals surface area contributed by atoms with Crippen LogP contribution in [0.1, 0.15) is 31.4 Å². The number of carbonyl (C=O) groups excluding carboxylic acids is 2. The first-order chi connectivity index (χ1) is 17.1. The number of hydrogen-bond acceptors (Lipinski definition) is 6. The van der Waals surface area contributed by atoms with Crippen LogP contribution in [0.2, 0.25) is 0 Å². The van der Waals surface area contributed by atoms with Gasteiger partial charge in [-0.15, -0.1) is 13.2 Å². The van der Waals surface area contributed by atoms with E-state index >= 15 is 0 Å². The van der Waals surface area contributed by atoms with E-state index in [-0.39, 0.29) is 46.9 Å². The molecule has 1 heterocycles. The maximum Gasteiger partial charge on any atom is 0.573 e. The SMILES string of the molecule is C=C(C)C(=O)OCCCc1ccc2c(oc3c(OC(F)(F)F)c(OC(=O)C(=C)C)ccc32)c1C(F)(F)F. The second-order valence-electron chi connectivity index (χ2n) is 8.08. The molecule has 1 aromatic heterocycles. The minimum absolute atomic E-state index is 0.0251. The highest BCUT2D eigenvalue weighted by Gasteiger charge is 2.39. The predicted octanol–water partition coefficient (Wildman–Crippen LogP) is 7.04. The molecule has 0 radical (unpaired) electrons. The van der Waals surface area contributed by atoms with Crippen molar-refractivity contribution < 1.29 is 54.6 Å². The molecule has 0 aliphatic carbocycles. The van der Waals surface area contributed by atoms with E-state index in [1.165, 1.54) is 26.0 Å². The molecule has 0 aliphatic heterocycles. The Hall–Kier alpha value is -3.96. The van der Waals surface area contributed by atoms with Crippen LogP contribution >= 0.6 is 0 Å². The van der Waals surface area contributed by atoms with E-state index in [1.807, 2.05) is 0 Å². The lowest BCUT2D eigenvalue weighted by atomic mass is 9.99. The maximum atomic E-state index is 14.1. The van der Waals surface area contributed by atoms with Gasteiger partial charge in [0.15, 0.2) is 11.3 Å². The highest BCUT2D eigenvalue weighted by molar-refractivity contribution is 6.09. The summed E-state index contributed by atoms with van der Waals surface area (Å²) in [4.78, 5) is 23.4. The Bertz CT molecular complexity index is 1400. The molecular weight excluding hydrogens is 510 g/mol. The van der Waals surface area contributed by atoms with Crippen molar-refractivity contribution >= 4 is 33.9 Å². The Morgan fingerprint density at radius 3 is 2.05 bits per heavy atom. The van der Waals surface area contributed by atoms with Crippen molar-refractivity contribution in [1.82, 2.24) is 0 Å². The van der Waals surface area contributed by atoms with Crippen molar-refractivity contribution in [2.75, 3.05) is 6.61 Å². The summed E-state index contributed by atoms with van der Waals surface area (Å²) in [5.41, 5.74) is -2.86. The average molecular weight is 530 g/mol. The van der Waals surface area contributed by atoms with Crippen LogP contribution in [-0.2, 0) is 26.9 Å². The van der Waals surface area contributed by atoms with Gasteiger partial charge >= 0.3 is 24.5 Å². The predicted molar refractivity (Wildman–Crippen MR) is 120 cm³/mol. The molecule has 0 unspecified atom stereocenters. The van der Waals surface area contributed by atoms with E-state index in [0.29, 0.717) is 0 Å². The summed E-state index contributed by atoms with van der Waals surface area (Å²) in [5.74, 6) is -3.60. The van der Waals surface area contributed by atoms with E-state index in [2.05, 4.69) is 17.9 Å². The molecule has 0 aliphatic rings. The number of aryl methyl sites for hydroxylation is 1. The fourth-order valence-electron chi connectivity index (χ4n) is 3.45. The molecule has 3 rings (SSSR count).